The Labute approximate surface area is 188 Å². The summed E-state index contributed by atoms with van der Waals surface area (Å²) in [6.07, 6.45) is 0. The Kier molecular flexibility index (Phi) is 8.20. The van der Waals surface area contributed by atoms with Gasteiger partial charge in [-0.2, -0.15) is 0 Å². The molecule has 0 fully saturated rings. The van der Waals surface area contributed by atoms with Crippen LogP contribution in [0.4, 0.5) is 0 Å². The number of benzene rings is 1. The van der Waals surface area contributed by atoms with Crippen molar-refractivity contribution in [1.82, 2.24) is 10.6 Å². The lowest BCUT2D eigenvalue weighted by Crippen LogP contribution is -2.44. The molecule has 0 saturated carbocycles. The van der Waals surface area contributed by atoms with Gasteiger partial charge in [0.2, 0.25) is 6.79 Å². The van der Waals surface area contributed by atoms with E-state index in [0.29, 0.717) is 19.0 Å². The summed E-state index contributed by atoms with van der Waals surface area (Å²) >= 11 is 5.03. The van der Waals surface area contributed by atoms with Crippen LogP contribution in [0.25, 0.3) is 0 Å². The van der Waals surface area contributed by atoms with Gasteiger partial charge in [0.05, 0.1) is 17.6 Å². The van der Waals surface area contributed by atoms with E-state index in [2.05, 4.69) is 31.6 Å². The minimum atomic E-state index is -0.952. The fraction of sp³-hybridized carbons (Fsp3) is 0.389. The van der Waals surface area contributed by atoms with Gasteiger partial charge in [0.15, 0.2) is 17.5 Å². The van der Waals surface area contributed by atoms with Crippen molar-refractivity contribution in [1.29, 1.82) is 0 Å². The predicted molar refractivity (Wildman–Crippen MR) is 122 cm³/mol. The number of halogens is 2. The average molecular weight is 568 g/mol. The standard InChI is InChI=1S/C18H22BrN3O3S.HI/c1-3-20-17(22-10-18(2,23)15-5-4-6-26-15)21-9-12-7-13(19)16-14(8-12)24-11-25-16;/h4-8,23H,3,9-11H2,1-2H3,(H2,20,21,22);1H. The van der Waals surface area contributed by atoms with Crippen LogP contribution in [0.3, 0.4) is 0 Å². The molecule has 6 nitrogen and oxygen atoms in total. The summed E-state index contributed by atoms with van der Waals surface area (Å²) in [5.74, 6) is 2.11. The molecule has 0 radical (unpaired) electrons. The van der Waals surface area contributed by atoms with Gasteiger partial charge in [0.1, 0.15) is 5.60 Å². The van der Waals surface area contributed by atoms with E-state index in [-0.39, 0.29) is 30.8 Å². The van der Waals surface area contributed by atoms with Gasteiger partial charge in [-0.25, -0.2) is 4.99 Å². The van der Waals surface area contributed by atoms with Crippen molar-refractivity contribution in [2.24, 2.45) is 4.99 Å². The van der Waals surface area contributed by atoms with E-state index in [1.165, 1.54) is 11.3 Å². The number of hydrogen-bond acceptors (Lipinski definition) is 5. The fourth-order valence-corrected chi connectivity index (χ4v) is 3.94. The molecule has 0 aliphatic carbocycles. The second kappa shape index (κ2) is 9.94. The van der Waals surface area contributed by atoms with Gasteiger partial charge in [0.25, 0.3) is 0 Å². The summed E-state index contributed by atoms with van der Waals surface area (Å²) in [5, 5.41) is 19.0. The summed E-state index contributed by atoms with van der Waals surface area (Å²) in [5.41, 5.74) is 0.0509. The molecule has 0 saturated heterocycles. The van der Waals surface area contributed by atoms with Crippen LogP contribution in [0.5, 0.6) is 11.5 Å². The minimum absolute atomic E-state index is 0. The number of thiophene rings is 1. The first-order chi connectivity index (χ1) is 12.5. The SMILES string of the molecule is CCNC(=NCc1cc(Br)c2c(c1)OCO2)NCC(C)(O)c1cccs1.I. The highest BCUT2D eigenvalue weighted by atomic mass is 127. The molecule has 1 aliphatic heterocycles. The van der Waals surface area contributed by atoms with E-state index in [9.17, 15) is 5.11 Å². The molecule has 0 spiro atoms. The van der Waals surface area contributed by atoms with Crippen molar-refractivity contribution in [3.8, 4) is 11.5 Å². The van der Waals surface area contributed by atoms with Crippen molar-refractivity contribution in [2.45, 2.75) is 26.0 Å². The van der Waals surface area contributed by atoms with Crippen LogP contribution in [0.15, 0.2) is 39.1 Å². The maximum atomic E-state index is 10.6. The Morgan fingerprint density at radius 2 is 2.19 bits per heavy atom. The highest BCUT2D eigenvalue weighted by Gasteiger charge is 2.24. The molecule has 3 rings (SSSR count). The minimum Gasteiger partial charge on any atom is -0.454 e. The van der Waals surface area contributed by atoms with E-state index >= 15 is 0 Å². The Hall–Kier alpha value is -1.04. The van der Waals surface area contributed by atoms with E-state index in [4.69, 9.17) is 9.47 Å². The van der Waals surface area contributed by atoms with Gasteiger partial charge in [0, 0.05) is 11.4 Å². The van der Waals surface area contributed by atoms with E-state index in [1.54, 1.807) is 6.92 Å². The van der Waals surface area contributed by atoms with Gasteiger partial charge < -0.3 is 25.2 Å². The lowest BCUT2D eigenvalue weighted by Gasteiger charge is -2.23. The number of ether oxygens (including phenoxy) is 2. The monoisotopic (exact) mass is 567 g/mol. The molecule has 148 valence electrons. The third kappa shape index (κ3) is 5.72. The van der Waals surface area contributed by atoms with Crippen molar-refractivity contribution in [3.63, 3.8) is 0 Å². The molecular formula is C18H23BrIN3O3S. The zero-order valence-electron chi connectivity index (χ0n) is 15.1. The largest absolute Gasteiger partial charge is 0.454 e. The van der Waals surface area contributed by atoms with Crippen LogP contribution in [-0.4, -0.2) is 30.9 Å². The summed E-state index contributed by atoms with van der Waals surface area (Å²) in [6, 6.07) is 7.77. The highest BCUT2D eigenvalue weighted by molar-refractivity contribution is 14.0. The number of hydrogen-bond donors (Lipinski definition) is 3. The normalized spacial score (nSPS) is 15.0. The fourth-order valence-electron chi connectivity index (χ4n) is 2.55. The quantitative estimate of drug-likeness (QED) is 0.281. The van der Waals surface area contributed by atoms with Crippen LogP contribution in [-0.2, 0) is 12.1 Å². The second-order valence-electron chi connectivity index (χ2n) is 6.11. The molecule has 1 aliphatic rings. The molecule has 1 aromatic heterocycles. The average Bonchev–Trinajstić information content (AvgIpc) is 3.29. The van der Waals surface area contributed by atoms with E-state index < -0.39 is 5.60 Å². The topological polar surface area (TPSA) is 75.1 Å². The molecule has 2 heterocycles. The number of rotatable bonds is 6. The lowest BCUT2D eigenvalue weighted by molar-refractivity contribution is 0.0655. The first-order valence-corrected chi connectivity index (χ1v) is 10.0. The summed E-state index contributed by atoms with van der Waals surface area (Å²) in [4.78, 5) is 5.52. The van der Waals surface area contributed by atoms with Gasteiger partial charge >= 0.3 is 0 Å². The van der Waals surface area contributed by atoms with Gasteiger partial charge in [-0.05, 0) is 58.9 Å². The third-order valence-corrected chi connectivity index (χ3v) is 5.62. The summed E-state index contributed by atoms with van der Waals surface area (Å²) in [6.45, 7) is 5.62. The summed E-state index contributed by atoms with van der Waals surface area (Å²) < 4.78 is 11.7. The zero-order valence-corrected chi connectivity index (χ0v) is 19.9. The number of nitrogens with one attached hydrogen (secondary N) is 2. The lowest BCUT2D eigenvalue weighted by atomic mass is 10.1. The zero-order chi connectivity index (χ0) is 18.6. The first-order valence-electron chi connectivity index (χ1n) is 8.36. The van der Waals surface area contributed by atoms with Crippen molar-refractivity contribution in [2.75, 3.05) is 19.9 Å². The summed E-state index contributed by atoms with van der Waals surface area (Å²) in [7, 11) is 0. The Morgan fingerprint density at radius 3 is 2.89 bits per heavy atom. The number of fused-ring (bicyclic) bond motifs is 1. The molecule has 0 amide bonds. The Bertz CT molecular complexity index is 784. The molecular weight excluding hydrogens is 545 g/mol. The molecule has 3 N–H and O–H groups in total. The molecule has 1 aromatic carbocycles. The van der Waals surface area contributed by atoms with Crippen LogP contribution in [0.1, 0.15) is 24.3 Å². The molecule has 1 unspecified atom stereocenters. The molecule has 9 heteroatoms. The van der Waals surface area contributed by atoms with Crippen LogP contribution >= 0.6 is 51.2 Å². The Balaban J connectivity index is 0.00000261. The van der Waals surface area contributed by atoms with Crippen molar-refractivity contribution in [3.05, 3.63) is 44.6 Å². The van der Waals surface area contributed by atoms with Gasteiger partial charge in [-0.3, -0.25) is 0 Å². The molecule has 0 bridgehead atoms. The Morgan fingerprint density at radius 1 is 1.37 bits per heavy atom. The smallest absolute Gasteiger partial charge is 0.231 e. The second-order valence-corrected chi connectivity index (χ2v) is 7.91. The maximum Gasteiger partial charge on any atom is 0.231 e. The van der Waals surface area contributed by atoms with Gasteiger partial charge in [-0.15, -0.1) is 35.3 Å². The number of guanidine groups is 1. The number of aliphatic imine (C=N–C) groups is 1. The number of aliphatic hydroxyl groups is 1. The van der Waals surface area contributed by atoms with Crippen molar-refractivity contribution < 1.29 is 14.6 Å². The molecule has 27 heavy (non-hydrogen) atoms. The molecule has 1 atom stereocenters. The van der Waals surface area contributed by atoms with Crippen LogP contribution in [0.2, 0.25) is 0 Å². The van der Waals surface area contributed by atoms with Crippen LogP contribution < -0.4 is 20.1 Å². The number of nitrogens with zero attached hydrogens (tertiary/aromatic N) is 1. The van der Waals surface area contributed by atoms with E-state index in [0.717, 1.165) is 33.0 Å². The van der Waals surface area contributed by atoms with E-state index in [1.807, 2.05) is 36.6 Å². The first kappa shape index (κ1) is 22.3. The van der Waals surface area contributed by atoms with Crippen LogP contribution in [0, 0.1) is 0 Å². The maximum absolute atomic E-state index is 10.6. The predicted octanol–water partition coefficient (Wildman–Crippen LogP) is 3.82. The third-order valence-electron chi connectivity index (χ3n) is 3.90. The molecule has 2 aromatic rings. The van der Waals surface area contributed by atoms with Gasteiger partial charge in [-0.1, -0.05) is 6.07 Å². The highest BCUT2D eigenvalue weighted by Crippen LogP contribution is 2.40. The van der Waals surface area contributed by atoms with Crippen molar-refractivity contribution >= 4 is 57.2 Å².